The maximum atomic E-state index is 12.1. The van der Waals surface area contributed by atoms with Gasteiger partial charge in [-0.25, -0.2) is 4.79 Å². The van der Waals surface area contributed by atoms with Gasteiger partial charge in [-0.05, 0) is 80.1 Å². The Bertz CT molecular complexity index is 897. The van der Waals surface area contributed by atoms with Crippen LogP contribution in [0, 0.1) is 0 Å². The Kier molecular flexibility index (Phi) is 12.9. The zero-order chi connectivity index (χ0) is 26.4. The van der Waals surface area contributed by atoms with Crippen molar-refractivity contribution in [3.8, 4) is 22.6 Å². The highest BCUT2D eigenvalue weighted by Gasteiger charge is 2.32. The first-order valence-electron chi connectivity index (χ1n) is 12.9. The first-order valence-corrected chi connectivity index (χ1v) is 19.2. The zero-order valence-corrected chi connectivity index (χ0v) is 24.9. The van der Waals surface area contributed by atoms with Crippen molar-refractivity contribution in [2.45, 2.75) is 64.5 Å². The van der Waals surface area contributed by atoms with Crippen molar-refractivity contribution in [3.05, 3.63) is 48.5 Å². The quantitative estimate of drug-likeness (QED) is 0.0954. The molecule has 0 aromatic heterocycles. The largest absolute Gasteiger partial charge is 0.497 e. The maximum Gasteiger partial charge on any atom is 0.337 e. The Hall–Kier alpha value is -1.98. The molecule has 2 rings (SSSR count). The van der Waals surface area contributed by atoms with Crippen LogP contribution in [-0.2, 0) is 18.4 Å². The van der Waals surface area contributed by atoms with Crippen LogP contribution >= 0.6 is 0 Å². The monoisotopic (exact) mass is 532 g/mol. The van der Waals surface area contributed by atoms with Crippen molar-refractivity contribution in [2.75, 3.05) is 33.5 Å². The van der Waals surface area contributed by atoms with E-state index in [4.69, 9.17) is 23.1 Å². The van der Waals surface area contributed by atoms with Gasteiger partial charge >= 0.3 is 5.97 Å². The van der Waals surface area contributed by atoms with Crippen molar-refractivity contribution < 1.29 is 27.9 Å². The number of carbonyl (C=O) groups excluding carboxylic acids is 1. The Labute approximate surface area is 219 Å². The fourth-order valence-electron chi connectivity index (χ4n) is 4.09. The number of hydrogen-bond acceptors (Lipinski definition) is 6. The SMILES string of the molecule is CCCC[Si](C)(C)O[Si](C)(C)CCCOCCOCC(=O)Oc1ccc(-c2ccc(OC)cc2)cc1. The topological polar surface area (TPSA) is 63.2 Å². The van der Waals surface area contributed by atoms with Gasteiger partial charge in [0.1, 0.15) is 18.1 Å². The van der Waals surface area contributed by atoms with Gasteiger partial charge in [-0.1, -0.05) is 44.0 Å². The lowest BCUT2D eigenvalue weighted by Gasteiger charge is -2.34. The van der Waals surface area contributed by atoms with E-state index in [0.29, 0.717) is 25.6 Å². The van der Waals surface area contributed by atoms with Crippen LogP contribution in [0.2, 0.25) is 38.3 Å². The van der Waals surface area contributed by atoms with Gasteiger partial charge in [0.25, 0.3) is 0 Å². The van der Waals surface area contributed by atoms with E-state index in [1.54, 1.807) is 19.2 Å². The molecule has 2 aromatic rings. The molecule has 0 spiro atoms. The summed E-state index contributed by atoms with van der Waals surface area (Å²) in [7, 11) is -1.57. The molecular weight excluding hydrogens is 488 g/mol. The van der Waals surface area contributed by atoms with E-state index >= 15 is 0 Å². The Morgan fingerprint density at radius 1 is 0.722 bits per heavy atom. The van der Waals surface area contributed by atoms with Crippen molar-refractivity contribution in [2.24, 2.45) is 0 Å². The second-order valence-electron chi connectivity index (χ2n) is 10.2. The van der Waals surface area contributed by atoms with E-state index in [1.807, 2.05) is 36.4 Å². The maximum absolute atomic E-state index is 12.1. The second kappa shape index (κ2) is 15.3. The summed E-state index contributed by atoms with van der Waals surface area (Å²) in [6, 6.07) is 17.5. The number of rotatable bonds is 17. The van der Waals surface area contributed by atoms with Crippen molar-refractivity contribution in [3.63, 3.8) is 0 Å². The van der Waals surface area contributed by atoms with Crippen LogP contribution in [0.1, 0.15) is 26.2 Å². The van der Waals surface area contributed by atoms with E-state index in [2.05, 4.69) is 33.1 Å². The summed E-state index contributed by atoms with van der Waals surface area (Å²) >= 11 is 0. The van der Waals surface area contributed by atoms with Crippen LogP contribution in [0.5, 0.6) is 11.5 Å². The molecule has 0 saturated carbocycles. The highest BCUT2D eigenvalue weighted by molar-refractivity contribution is 6.84. The highest BCUT2D eigenvalue weighted by Crippen LogP contribution is 2.25. The molecule has 0 unspecified atom stereocenters. The number of unbranched alkanes of at least 4 members (excludes halogenated alkanes) is 1. The third-order valence-electron chi connectivity index (χ3n) is 5.85. The van der Waals surface area contributed by atoms with E-state index < -0.39 is 22.6 Å². The van der Waals surface area contributed by atoms with Gasteiger partial charge in [-0.3, -0.25) is 0 Å². The summed E-state index contributed by atoms with van der Waals surface area (Å²) in [5.41, 5.74) is 2.10. The Morgan fingerprint density at radius 2 is 1.25 bits per heavy atom. The molecule has 0 amide bonds. The average molecular weight is 533 g/mol. The lowest BCUT2D eigenvalue weighted by Crippen LogP contribution is -2.44. The minimum atomic E-state index is -1.66. The highest BCUT2D eigenvalue weighted by atomic mass is 28.4. The number of carbonyl (C=O) groups is 1. The standard InChI is InChI=1S/C28H44O6Si2/c1-7-8-21-35(3,4)34-36(5,6)22-9-18-31-19-20-32-23-28(29)33-27-16-12-25(13-17-27)24-10-14-26(30-2)15-11-24/h10-17H,7-9,18-23H2,1-6H3. The molecule has 0 bridgehead atoms. The molecule has 0 atom stereocenters. The molecule has 0 N–H and O–H groups in total. The molecule has 0 heterocycles. The van der Waals surface area contributed by atoms with Gasteiger partial charge in [-0.2, -0.15) is 0 Å². The van der Waals surface area contributed by atoms with Gasteiger partial charge in [-0.15, -0.1) is 0 Å². The molecule has 36 heavy (non-hydrogen) atoms. The Morgan fingerprint density at radius 3 is 1.81 bits per heavy atom. The van der Waals surface area contributed by atoms with Crippen LogP contribution in [0.25, 0.3) is 11.1 Å². The summed E-state index contributed by atoms with van der Waals surface area (Å²) in [6.45, 7) is 13.0. The molecule has 2 aromatic carbocycles. The van der Waals surface area contributed by atoms with Crippen LogP contribution in [0.15, 0.2) is 48.5 Å². The molecule has 0 radical (unpaired) electrons. The average Bonchev–Trinajstić information content (AvgIpc) is 2.84. The molecule has 0 aliphatic heterocycles. The molecule has 0 saturated heterocycles. The van der Waals surface area contributed by atoms with Gasteiger partial charge in [0.2, 0.25) is 0 Å². The predicted molar refractivity (Wildman–Crippen MR) is 151 cm³/mol. The van der Waals surface area contributed by atoms with Gasteiger partial charge in [0.15, 0.2) is 16.6 Å². The summed E-state index contributed by atoms with van der Waals surface area (Å²) in [5, 5.41) is 0. The molecule has 0 fully saturated rings. The molecule has 8 heteroatoms. The van der Waals surface area contributed by atoms with Crippen LogP contribution in [0.4, 0.5) is 0 Å². The smallest absolute Gasteiger partial charge is 0.337 e. The predicted octanol–water partition coefficient (Wildman–Crippen LogP) is 6.92. The summed E-state index contributed by atoms with van der Waals surface area (Å²) < 4.78 is 28.3. The van der Waals surface area contributed by atoms with E-state index in [1.165, 1.54) is 18.9 Å². The lowest BCUT2D eigenvalue weighted by atomic mass is 10.1. The van der Waals surface area contributed by atoms with Crippen LogP contribution in [0.3, 0.4) is 0 Å². The number of hydrogen-bond donors (Lipinski definition) is 0. The van der Waals surface area contributed by atoms with Crippen LogP contribution in [-0.4, -0.2) is 56.1 Å². The summed E-state index contributed by atoms with van der Waals surface area (Å²) in [5.74, 6) is 0.882. The van der Waals surface area contributed by atoms with E-state index in [-0.39, 0.29) is 6.61 Å². The zero-order valence-electron chi connectivity index (χ0n) is 22.9. The van der Waals surface area contributed by atoms with E-state index in [9.17, 15) is 4.79 Å². The molecule has 0 aliphatic rings. The molecular formula is C28H44O6Si2. The number of methoxy groups -OCH3 is 1. The van der Waals surface area contributed by atoms with Crippen molar-refractivity contribution >= 4 is 22.6 Å². The minimum Gasteiger partial charge on any atom is -0.497 e. The Balaban J connectivity index is 1.57. The normalized spacial score (nSPS) is 11.9. The molecule has 6 nitrogen and oxygen atoms in total. The van der Waals surface area contributed by atoms with Crippen LogP contribution < -0.4 is 9.47 Å². The minimum absolute atomic E-state index is 0.102. The van der Waals surface area contributed by atoms with Gasteiger partial charge in [0, 0.05) is 6.61 Å². The fourth-order valence-corrected chi connectivity index (χ4v) is 13.1. The lowest BCUT2D eigenvalue weighted by molar-refractivity contribution is -0.140. The summed E-state index contributed by atoms with van der Waals surface area (Å²) in [4.78, 5) is 12.1. The van der Waals surface area contributed by atoms with Crippen molar-refractivity contribution in [1.82, 2.24) is 0 Å². The number of benzene rings is 2. The second-order valence-corrected chi connectivity index (χ2v) is 19.1. The number of ether oxygens (including phenoxy) is 4. The van der Waals surface area contributed by atoms with Gasteiger partial charge in [0.05, 0.1) is 20.3 Å². The third-order valence-corrected chi connectivity index (χ3v) is 13.4. The fraction of sp³-hybridized carbons (Fsp3) is 0.536. The molecule has 200 valence electrons. The van der Waals surface area contributed by atoms with E-state index in [0.717, 1.165) is 29.3 Å². The first kappa shape index (κ1) is 30.2. The number of esters is 1. The molecule has 0 aliphatic carbocycles. The third kappa shape index (κ3) is 11.8. The summed E-state index contributed by atoms with van der Waals surface area (Å²) in [6.07, 6.45) is 3.48. The van der Waals surface area contributed by atoms with Crippen molar-refractivity contribution in [1.29, 1.82) is 0 Å². The first-order chi connectivity index (χ1) is 17.1. The van der Waals surface area contributed by atoms with Gasteiger partial charge < -0.3 is 23.1 Å².